The fraction of sp³-hybridized carbons (Fsp3) is 0.250. The van der Waals surface area contributed by atoms with Crippen LogP contribution in [0.4, 0.5) is 5.69 Å². The molecule has 6 nitrogen and oxygen atoms in total. The molecule has 3 heterocycles. The molecule has 4 rings (SSSR count). The van der Waals surface area contributed by atoms with Crippen molar-refractivity contribution >= 4 is 28.4 Å². The molecule has 0 amide bonds. The summed E-state index contributed by atoms with van der Waals surface area (Å²) in [6.07, 6.45) is 1.80. The Morgan fingerprint density at radius 1 is 1.30 bits per heavy atom. The molecule has 0 aliphatic carbocycles. The lowest BCUT2D eigenvalue weighted by Gasteiger charge is -2.17. The van der Waals surface area contributed by atoms with Crippen LogP contribution in [0.15, 0.2) is 40.4 Å². The van der Waals surface area contributed by atoms with Crippen LogP contribution in [0.25, 0.3) is 22.2 Å². The van der Waals surface area contributed by atoms with Crippen LogP contribution < -0.4 is 11.1 Å². The number of anilines is 1. The molecule has 1 aliphatic heterocycles. The molecule has 118 valence electrons. The van der Waals surface area contributed by atoms with Gasteiger partial charge in [-0.3, -0.25) is 4.68 Å². The number of hydrogen-bond donors (Lipinski definition) is 3. The smallest absolute Gasteiger partial charge is 0.110 e. The van der Waals surface area contributed by atoms with Crippen LogP contribution in [0.2, 0.25) is 0 Å². The number of nitrogens with two attached hydrogens (primary N) is 1. The Balaban J connectivity index is 1.98. The Morgan fingerprint density at radius 2 is 2.22 bits per heavy atom. The highest BCUT2D eigenvalue weighted by Crippen LogP contribution is 2.49. The maximum absolute atomic E-state index is 9.31. The molecule has 0 spiro atoms. The second kappa shape index (κ2) is 5.84. The van der Waals surface area contributed by atoms with Gasteiger partial charge in [0.1, 0.15) is 10.7 Å². The summed E-state index contributed by atoms with van der Waals surface area (Å²) in [5.74, 6) is 0. The second-order valence-electron chi connectivity index (χ2n) is 5.31. The Labute approximate surface area is 137 Å². The summed E-state index contributed by atoms with van der Waals surface area (Å²) in [5, 5.41) is 19.5. The lowest BCUT2D eigenvalue weighted by molar-refractivity contribution is 0.272. The topological polar surface area (TPSA) is 89.0 Å². The van der Waals surface area contributed by atoms with Crippen LogP contribution in [0.1, 0.15) is 0 Å². The van der Waals surface area contributed by atoms with Crippen LogP contribution in [0.5, 0.6) is 0 Å². The average Bonchev–Trinajstić information content (AvgIpc) is 2.95. The summed E-state index contributed by atoms with van der Waals surface area (Å²) in [4.78, 5) is 5.62. The normalized spacial score (nSPS) is 12.4. The highest BCUT2D eigenvalue weighted by molar-refractivity contribution is 7.99. The third-order valence-corrected chi connectivity index (χ3v) is 5.01. The highest BCUT2D eigenvalue weighted by Gasteiger charge is 2.26. The minimum absolute atomic E-state index is 0.0613. The second-order valence-corrected chi connectivity index (χ2v) is 6.30. The molecule has 0 saturated carbocycles. The summed E-state index contributed by atoms with van der Waals surface area (Å²) in [6.45, 7) is 1.83. The number of rotatable bonds is 5. The number of nitrogens with zero attached hydrogens (tertiary/aromatic N) is 3. The fourth-order valence-electron chi connectivity index (χ4n) is 2.90. The van der Waals surface area contributed by atoms with Gasteiger partial charge >= 0.3 is 0 Å². The van der Waals surface area contributed by atoms with Gasteiger partial charge in [-0.05, 0) is 24.3 Å². The maximum Gasteiger partial charge on any atom is 0.110 e. The van der Waals surface area contributed by atoms with Crippen LogP contribution in [0.3, 0.4) is 0 Å². The van der Waals surface area contributed by atoms with E-state index in [1.54, 1.807) is 18.0 Å². The van der Waals surface area contributed by atoms with Gasteiger partial charge < -0.3 is 16.2 Å². The number of aromatic nitrogens is 3. The SMILES string of the molecule is NCCNc1ccc2c3c(nn2CCO)-c2cccnc2Sc13. The number of fused-ring (bicyclic) bond motifs is 2. The van der Waals surface area contributed by atoms with Crippen molar-refractivity contribution in [2.75, 3.05) is 25.0 Å². The van der Waals surface area contributed by atoms with E-state index < -0.39 is 0 Å². The quantitative estimate of drug-likeness (QED) is 0.519. The van der Waals surface area contributed by atoms with E-state index in [2.05, 4.69) is 10.3 Å². The van der Waals surface area contributed by atoms with E-state index in [0.29, 0.717) is 19.6 Å². The van der Waals surface area contributed by atoms with Gasteiger partial charge in [0.05, 0.1) is 18.7 Å². The predicted molar refractivity (Wildman–Crippen MR) is 91.7 cm³/mol. The summed E-state index contributed by atoms with van der Waals surface area (Å²) < 4.78 is 1.86. The molecule has 0 unspecified atom stereocenters. The van der Waals surface area contributed by atoms with Crippen molar-refractivity contribution in [3.05, 3.63) is 30.5 Å². The first kappa shape index (κ1) is 14.5. The number of hydrogen-bond acceptors (Lipinski definition) is 6. The van der Waals surface area contributed by atoms with Gasteiger partial charge in [0.2, 0.25) is 0 Å². The molecule has 0 atom stereocenters. The first-order valence-corrected chi connectivity index (χ1v) is 8.36. The zero-order valence-corrected chi connectivity index (χ0v) is 13.3. The van der Waals surface area contributed by atoms with E-state index in [1.807, 2.05) is 28.9 Å². The molecule has 0 bridgehead atoms. The molecule has 2 aromatic heterocycles. The minimum atomic E-state index is 0.0613. The molecule has 1 aliphatic rings. The number of benzene rings is 1. The van der Waals surface area contributed by atoms with Crippen molar-refractivity contribution in [3.8, 4) is 11.3 Å². The van der Waals surface area contributed by atoms with Gasteiger partial charge in [-0.15, -0.1) is 0 Å². The molecule has 23 heavy (non-hydrogen) atoms. The van der Waals surface area contributed by atoms with Crippen molar-refractivity contribution in [1.29, 1.82) is 0 Å². The highest BCUT2D eigenvalue weighted by atomic mass is 32.2. The molecule has 1 aromatic carbocycles. The van der Waals surface area contributed by atoms with Gasteiger partial charge in [0.25, 0.3) is 0 Å². The Kier molecular flexibility index (Phi) is 3.68. The lowest BCUT2D eigenvalue weighted by atomic mass is 10.1. The van der Waals surface area contributed by atoms with E-state index in [4.69, 9.17) is 10.8 Å². The Morgan fingerprint density at radius 3 is 3.04 bits per heavy atom. The minimum Gasteiger partial charge on any atom is -0.394 e. The molecule has 0 saturated heterocycles. The summed E-state index contributed by atoms with van der Waals surface area (Å²) in [7, 11) is 0. The summed E-state index contributed by atoms with van der Waals surface area (Å²) in [5.41, 5.74) is 9.68. The van der Waals surface area contributed by atoms with Crippen LogP contribution in [-0.4, -0.2) is 39.6 Å². The Hall–Kier alpha value is -2.09. The van der Waals surface area contributed by atoms with Gasteiger partial charge in [-0.2, -0.15) is 5.10 Å². The number of pyridine rings is 1. The van der Waals surface area contributed by atoms with E-state index >= 15 is 0 Å². The molecule has 4 N–H and O–H groups in total. The van der Waals surface area contributed by atoms with E-state index in [0.717, 1.165) is 37.8 Å². The molecular weight excluding hydrogens is 310 g/mol. The third-order valence-electron chi connectivity index (χ3n) is 3.87. The predicted octanol–water partition coefficient (Wildman–Crippen LogP) is 1.93. The number of aliphatic hydroxyl groups excluding tert-OH is 1. The molecule has 0 radical (unpaired) electrons. The lowest BCUT2D eigenvalue weighted by Crippen LogP contribution is -2.13. The van der Waals surface area contributed by atoms with E-state index in [9.17, 15) is 5.11 Å². The van der Waals surface area contributed by atoms with Crippen molar-refractivity contribution in [1.82, 2.24) is 14.8 Å². The van der Waals surface area contributed by atoms with Gasteiger partial charge in [-0.25, -0.2) is 4.98 Å². The van der Waals surface area contributed by atoms with Crippen LogP contribution in [-0.2, 0) is 6.54 Å². The largest absolute Gasteiger partial charge is 0.394 e. The summed E-state index contributed by atoms with van der Waals surface area (Å²) >= 11 is 1.65. The van der Waals surface area contributed by atoms with Gasteiger partial charge in [0, 0.05) is 40.8 Å². The number of aliphatic hydroxyl groups is 1. The average molecular weight is 327 g/mol. The molecule has 0 fully saturated rings. The monoisotopic (exact) mass is 327 g/mol. The zero-order valence-electron chi connectivity index (χ0n) is 12.5. The molecular formula is C16H17N5OS. The van der Waals surface area contributed by atoms with Gasteiger partial charge in [-0.1, -0.05) is 11.8 Å². The van der Waals surface area contributed by atoms with Crippen molar-refractivity contribution < 1.29 is 5.11 Å². The zero-order chi connectivity index (χ0) is 15.8. The summed E-state index contributed by atoms with van der Waals surface area (Å²) in [6, 6.07) is 8.07. The van der Waals surface area contributed by atoms with Crippen molar-refractivity contribution in [2.24, 2.45) is 5.73 Å². The first-order chi connectivity index (χ1) is 11.3. The van der Waals surface area contributed by atoms with E-state index in [-0.39, 0.29) is 6.61 Å². The Bertz CT molecular complexity index is 876. The van der Waals surface area contributed by atoms with Crippen LogP contribution >= 0.6 is 11.8 Å². The molecule has 7 heteroatoms. The first-order valence-electron chi connectivity index (χ1n) is 7.55. The maximum atomic E-state index is 9.31. The third kappa shape index (κ3) is 2.28. The van der Waals surface area contributed by atoms with Gasteiger partial charge in [0.15, 0.2) is 0 Å². The number of nitrogens with one attached hydrogen (secondary N) is 1. The standard InChI is InChI=1S/C16H17N5OS/c17-5-7-18-11-3-4-12-13-14(20-21(12)8-9-22)10-2-1-6-19-16(10)23-15(11)13/h1-4,6,18,22H,5,7-9,17H2. The van der Waals surface area contributed by atoms with Crippen molar-refractivity contribution in [3.63, 3.8) is 0 Å². The van der Waals surface area contributed by atoms with Crippen molar-refractivity contribution in [2.45, 2.75) is 16.5 Å². The van der Waals surface area contributed by atoms with E-state index in [1.165, 1.54) is 0 Å². The molecule has 3 aromatic rings. The van der Waals surface area contributed by atoms with Crippen LogP contribution in [0, 0.1) is 0 Å². The fourth-order valence-corrected chi connectivity index (χ4v) is 4.03.